The quantitative estimate of drug-likeness (QED) is 0.225. The van der Waals surface area contributed by atoms with Crippen LogP contribution in [0.5, 0.6) is 5.75 Å². The van der Waals surface area contributed by atoms with Gasteiger partial charge >= 0.3 is 18.2 Å². The predicted octanol–water partition coefficient (Wildman–Crippen LogP) is 3.67. The summed E-state index contributed by atoms with van der Waals surface area (Å²) >= 11 is 0. The highest BCUT2D eigenvalue weighted by Crippen LogP contribution is 2.46. The number of amides is 4. The average Bonchev–Trinajstić information content (AvgIpc) is 3.43. The van der Waals surface area contributed by atoms with Gasteiger partial charge in [0.25, 0.3) is 0 Å². The zero-order valence-corrected chi connectivity index (χ0v) is 32.6. The summed E-state index contributed by atoms with van der Waals surface area (Å²) in [5, 5.41) is 5.68. The van der Waals surface area contributed by atoms with Crippen LogP contribution in [0.3, 0.4) is 0 Å². The van der Waals surface area contributed by atoms with Crippen LogP contribution in [-0.4, -0.2) is 127 Å². The van der Waals surface area contributed by atoms with Crippen molar-refractivity contribution in [2.45, 2.75) is 115 Å². The minimum absolute atomic E-state index is 0.0177. The zero-order chi connectivity index (χ0) is 39.2. The highest BCUT2D eigenvalue weighted by Gasteiger charge is 2.62. The molecule has 6 rings (SSSR count). The summed E-state index contributed by atoms with van der Waals surface area (Å²) in [4.78, 5) is 73.6. The summed E-state index contributed by atoms with van der Waals surface area (Å²) in [6, 6.07) is 3.77. The molecule has 4 amide bonds. The number of carbonyl (C=O) groups excluding carboxylic acids is 5. The maximum atomic E-state index is 14.4. The van der Waals surface area contributed by atoms with Crippen LogP contribution in [0.1, 0.15) is 83.8 Å². The van der Waals surface area contributed by atoms with Crippen molar-refractivity contribution in [3.8, 4) is 5.75 Å². The molecule has 0 spiro atoms. The number of alkyl carbamates (subject to hydrolysis) is 1. The number of rotatable bonds is 8. The highest BCUT2D eigenvalue weighted by atomic mass is 16.6. The maximum absolute atomic E-state index is 14.4. The first-order valence-corrected chi connectivity index (χ1v) is 19.8. The Labute approximate surface area is 323 Å². The molecule has 0 aromatic heterocycles. The number of allylic oxidation sites excluding steroid dienone is 1. The normalized spacial score (nSPS) is 27.4. The van der Waals surface area contributed by atoms with Crippen molar-refractivity contribution >= 4 is 30.0 Å². The van der Waals surface area contributed by atoms with E-state index in [0.29, 0.717) is 39.0 Å². The van der Waals surface area contributed by atoms with Crippen molar-refractivity contribution in [1.29, 1.82) is 0 Å². The van der Waals surface area contributed by atoms with Crippen molar-refractivity contribution < 1.29 is 47.7 Å². The lowest BCUT2D eigenvalue weighted by Gasteiger charge is -2.30. The molecular formula is C40H57N5O10. The zero-order valence-electron chi connectivity index (χ0n) is 32.6. The van der Waals surface area contributed by atoms with Crippen molar-refractivity contribution in [2.24, 2.45) is 5.92 Å². The fraction of sp³-hybridized carbons (Fsp3) is 0.675. The van der Waals surface area contributed by atoms with E-state index in [1.807, 2.05) is 30.4 Å². The van der Waals surface area contributed by atoms with Crippen LogP contribution in [0.4, 0.5) is 9.59 Å². The third kappa shape index (κ3) is 10.3. The average molecular weight is 768 g/mol. The van der Waals surface area contributed by atoms with E-state index >= 15 is 0 Å². The van der Waals surface area contributed by atoms with Crippen molar-refractivity contribution in [3.05, 3.63) is 41.5 Å². The second-order valence-corrected chi connectivity index (χ2v) is 16.1. The summed E-state index contributed by atoms with van der Waals surface area (Å²) < 4.78 is 28.3. The predicted molar refractivity (Wildman–Crippen MR) is 200 cm³/mol. The molecule has 4 heterocycles. The first-order valence-electron chi connectivity index (χ1n) is 19.8. The van der Waals surface area contributed by atoms with Gasteiger partial charge in [0, 0.05) is 45.1 Å². The largest absolute Gasteiger partial charge is 0.492 e. The molecule has 55 heavy (non-hydrogen) atoms. The van der Waals surface area contributed by atoms with Crippen LogP contribution in [-0.2, 0) is 46.4 Å². The summed E-state index contributed by atoms with van der Waals surface area (Å²) in [5.74, 6) is -1.06. The first-order chi connectivity index (χ1) is 26.3. The Morgan fingerprint density at radius 1 is 1.05 bits per heavy atom. The van der Waals surface area contributed by atoms with Gasteiger partial charge in [-0.25, -0.2) is 14.4 Å². The van der Waals surface area contributed by atoms with Gasteiger partial charge in [-0.1, -0.05) is 31.1 Å². The maximum Gasteiger partial charge on any atom is 0.410 e. The third-order valence-electron chi connectivity index (χ3n) is 10.8. The molecule has 1 aromatic carbocycles. The van der Waals surface area contributed by atoms with Crippen LogP contribution >= 0.6 is 0 Å². The van der Waals surface area contributed by atoms with Crippen LogP contribution < -0.4 is 15.4 Å². The van der Waals surface area contributed by atoms with E-state index < -0.39 is 59.3 Å². The van der Waals surface area contributed by atoms with Gasteiger partial charge in [0.05, 0.1) is 26.4 Å². The topological polar surface area (TPSA) is 165 Å². The minimum atomic E-state index is -1.24. The molecule has 4 aliphatic heterocycles. The number of nitrogens with zero attached hydrogens (tertiary/aromatic N) is 3. The summed E-state index contributed by atoms with van der Waals surface area (Å²) in [6.07, 6.45) is 5.67. The Hall–Kier alpha value is -4.37. The second kappa shape index (κ2) is 17.6. The van der Waals surface area contributed by atoms with Crippen molar-refractivity contribution in [3.63, 3.8) is 0 Å². The van der Waals surface area contributed by atoms with Gasteiger partial charge in [-0.05, 0) is 76.6 Å². The molecule has 15 nitrogen and oxygen atoms in total. The van der Waals surface area contributed by atoms with E-state index in [2.05, 4.69) is 15.5 Å². The number of esters is 1. The van der Waals surface area contributed by atoms with Crippen molar-refractivity contribution in [2.75, 3.05) is 52.6 Å². The van der Waals surface area contributed by atoms with Gasteiger partial charge < -0.3 is 39.2 Å². The molecule has 1 aromatic rings. The second-order valence-electron chi connectivity index (χ2n) is 16.1. The monoisotopic (exact) mass is 767 g/mol. The van der Waals surface area contributed by atoms with Gasteiger partial charge in [0.2, 0.25) is 11.8 Å². The highest BCUT2D eigenvalue weighted by molar-refractivity contribution is 5.96. The first kappa shape index (κ1) is 40.3. The van der Waals surface area contributed by atoms with Crippen LogP contribution in [0, 0.1) is 5.92 Å². The Kier molecular flexibility index (Phi) is 12.9. The van der Waals surface area contributed by atoms with Crippen LogP contribution in [0.15, 0.2) is 30.4 Å². The molecule has 2 saturated heterocycles. The molecule has 0 radical (unpaired) electrons. The molecule has 1 aliphatic carbocycles. The molecule has 2 N–H and O–H groups in total. The Balaban J connectivity index is 1.15. The third-order valence-corrected chi connectivity index (χ3v) is 10.8. The Morgan fingerprint density at radius 2 is 1.84 bits per heavy atom. The number of carbonyl (C=O) groups is 5. The lowest BCUT2D eigenvalue weighted by molar-refractivity contribution is -0.150. The van der Waals surface area contributed by atoms with E-state index in [9.17, 15) is 24.0 Å². The Morgan fingerprint density at radius 3 is 2.60 bits per heavy atom. The number of morpholine rings is 1. The van der Waals surface area contributed by atoms with Gasteiger partial charge in [0.1, 0.15) is 41.7 Å². The molecule has 0 bridgehead atoms. The van der Waals surface area contributed by atoms with E-state index in [1.54, 1.807) is 32.6 Å². The summed E-state index contributed by atoms with van der Waals surface area (Å²) in [7, 11) is 0. The lowest BCUT2D eigenvalue weighted by Crippen LogP contribution is -2.56. The van der Waals surface area contributed by atoms with Gasteiger partial charge in [0.15, 0.2) is 0 Å². The fourth-order valence-electron chi connectivity index (χ4n) is 7.77. The molecule has 15 heteroatoms. The molecule has 5 atom stereocenters. The standard InChI is InChI=1S/C40H57N5O10/c1-5-52-36(48)40-23-29(40)11-9-7-6-8-10-12-32(41-37(49)55-39(2,3)4)35(47)45-26-31(22-33(45)34(46)42-40)54-38(50)44-24-27-13-14-30(21-28(27)25-44)53-20-17-43-15-18-51-19-16-43/h9,11,13-14,21,29,31-33H,5-8,10,12,15-20,22-26H2,1-4H3,(H,41,49)(H,42,46)/t29-,31-,32+,33+,40-/m1/s1. The van der Waals surface area contributed by atoms with Crippen molar-refractivity contribution in [1.82, 2.24) is 25.3 Å². The van der Waals surface area contributed by atoms with Crippen LogP contribution in [0.2, 0.25) is 0 Å². The smallest absolute Gasteiger partial charge is 0.410 e. The molecular weight excluding hydrogens is 710 g/mol. The summed E-state index contributed by atoms with van der Waals surface area (Å²) in [6.45, 7) is 12.3. The molecule has 3 fully saturated rings. The van der Waals surface area contributed by atoms with Gasteiger partial charge in [-0.3, -0.25) is 19.4 Å². The fourth-order valence-corrected chi connectivity index (χ4v) is 7.77. The molecule has 5 aliphatic rings. The number of nitrogens with one attached hydrogen (secondary N) is 2. The Bertz CT molecular complexity index is 1610. The lowest BCUT2D eigenvalue weighted by atomic mass is 10.0. The number of ether oxygens (including phenoxy) is 5. The molecule has 0 unspecified atom stereocenters. The van der Waals surface area contributed by atoms with Gasteiger partial charge in [-0.15, -0.1) is 0 Å². The SMILES string of the molecule is CCOC(=O)[C@@]12C[C@H]1C=CCCCCC[C@H](NC(=O)OC(C)(C)C)C(=O)N1C[C@H](OC(=O)N3Cc4ccc(OCCN5CCOCC5)cc4C3)C[C@H]1C(=O)N2. The number of hydrogen-bond donors (Lipinski definition) is 2. The molecule has 302 valence electrons. The van der Waals surface area contributed by atoms with E-state index in [1.165, 1.54) is 4.90 Å². The number of benzene rings is 1. The molecule has 1 saturated carbocycles. The number of hydrogen-bond acceptors (Lipinski definition) is 11. The van der Waals surface area contributed by atoms with Gasteiger partial charge in [-0.2, -0.15) is 0 Å². The van der Waals surface area contributed by atoms with E-state index in [-0.39, 0.29) is 25.5 Å². The van der Waals surface area contributed by atoms with E-state index in [0.717, 1.165) is 69.0 Å². The van der Waals surface area contributed by atoms with E-state index in [4.69, 9.17) is 23.7 Å². The minimum Gasteiger partial charge on any atom is -0.492 e. The number of fused-ring (bicyclic) bond motifs is 3. The van der Waals surface area contributed by atoms with Crippen LogP contribution in [0.25, 0.3) is 0 Å². The summed E-state index contributed by atoms with van der Waals surface area (Å²) in [5.41, 5.74) is -0.0837.